The molecule has 0 aliphatic heterocycles. The summed E-state index contributed by atoms with van der Waals surface area (Å²) in [5.74, 6) is 0. The fraction of sp³-hybridized carbons (Fsp3) is 0.133. The van der Waals surface area contributed by atoms with Crippen LogP contribution in [0.5, 0.6) is 0 Å². The van der Waals surface area contributed by atoms with Crippen LogP contribution < -0.4 is 5.32 Å². The number of benzene rings is 1. The molecular formula is C15H14N4. The van der Waals surface area contributed by atoms with Gasteiger partial charge in [0.05, 0.1) is 11.2 Å². The van der Waals surface area contributed by atoms with E-state index in [-0.39, 0.29) is 0 Å². The third kappa shape index (κ3) is 2.74. The summed E-state index contributed by atoms with van der Waals surface area (Å²) in [6.07, 6.45) is 3.53. The van der Waals surface area contributed by atoms with Crippen molar-refractivity contribution in [2.45, 2.75) is 13.1 Å². The molecule has 3 aromatic rings. The first kappa shape index (κ1) is 11.7. The standard InChI is InChI=1S/C15H14N4/c1-2-6-15-14(5-1)12(7-9-17-15)10-16-11-13-4-3-8-18-19-13/h1-9,16H,10-11H2. The van der Waals surface area contributed by atoms with Crippen LogP contribution in [0.25, 0.3) is 10.9 Å². The van der Waals surface area contributed by atoms with Gasteiger partial charge in [-0.1, -0.05) is 18.2 Å². The van der Waals surface area contributed by atoms with E-state index >= 15 is 0 Å². The van der Waals surface area contributed by atoms with Crippen molar-refractivity contribution in [3.63, 3.8) is 0 Å². The molecule has 2 heterocycles. The first-order chi connectivity index (χ1) is 9.43. The Kier molecular flexibility index (Phi) is 3.42. The number of pyridine rings is 1. The van der Waals surface area contributed by atoms with Crippen molar-refractivity contribution < 1.29 is 0 Å². The number of fused-ring (bicyclic) bond motifs is 1. The quantitative estimate of drug-likeness (QED) is 0.772. The van der Waals surface area contributed by atoms with Gasteiger partial charge in [-0.2, -0.15) is 10.2 Å². The maximum Gasteiger partial charge on any atom is 0.0769 e. The van der Waals surface area contributed by atoms with Crippen molar-refractivity contribution in [2.75, 3.05) is 0 Å². The van der Waals surface area contributed by atoms with E-state index in [2.05, 4.69) is 26.6 Å². The Hall–Kier alpha value is -2.33. The summed E-state index contributed by atoms with van der Waals surface area (Å²) in [7, 11) is 0. The van der Waals surface area contributed by atoms with Crippen LogP contribution in [0.2, 0.25) is 0 Å². The van der Waals surface area contributed by atoms with Crippen molar-refractivity contribution in [3.05, 3.63) is 66.1 Å². The fourth-order valence-electron chi connectivity index (χ4n) is 2.06. The van der Waals surface area contributed by atoms with Crippen LogP contribution in [-0.2, 0) is 13.1 Å². The number of para-hydroxylation sites is 1. The summed E-state index contributed by atoms with van der Waals surface area (Å²) >= 11 is 0. The Bertz CT molecular complexity index is 662. The predicted octanol–water partition coefficient (Wildman–Crippen LogP) is 2.31. The molecule has 0 amide bonds. The minimum absolute atomic E-state index is 0.713. The molecule has 2 aromatic heterocycles. The highest BCUT2D eigenvalue weighted by Crippen LogP contribution is 2.15. The molecule has 0 aliphatic carbocycles. The molecular weight excluding hydrogens is 236 g/mol. The first-order valence-electron chi connectivity index (χ1n) is 6.23. The lowest BCUT2D eigenvalue weighted by Crippen LogP contribution is -2.14. The summed E-state index contributed by atoms with van der Waals surface area (Å²) in [6, 6.07) is 14.1. The second-order valence-corrected chi connectivity index (χ2v) is 4.31. The number of nitrogens with zero attached hydrogens (tertiary/aromatic N) is 3. The maximum atomic E-state index is 4.36. The van der Waals surface area contributed by atoms with Crippen molar-refractivity contribution in [1.82, 2.24) is 20.5 Å². The van der Waals surface area contributed by atoms with Crippen LogP contribution in [0.3, 0.4) is 0 Å². The highest BCUT2D eigenvalue weighted by Gasteiger charge is 2.01. The summed E-state index contributed by atoms with van der Waals surface area (Å²) in [5, 5.41) is 12.5. The SMILES string of the molecule is c1cnnc(CNCc2ccnc3ccccc23)c1. The van der Waals surface area contributed by atoms with E-state index in [0.717, 1.165) is 17.8 Å². The van der Waals surface area contributed by atoms with Gasteiger partial charge in [0.25, 0.3) is 0 Å². The van der Waals surface area contributed by atoms with E-state index < -0.39 is 0 Å². The molecule has 0 unspecified atom stereocenters. The number of nitrogens with one attached hydrogen (secondary N) is 1. The second kappa shape index (κ2) is 5.54. The third-order valence-corrected chi connectivity index (χ3v) is 2.99. The molecule has 1 N–H and O–H groups in total. The van der Waals surface area contributed by atoms with E-state index in [1.165, 1.54) is 10.9 Å². The lowest BCUT2D eigenvalue weighted by atomic mass is 10.1. The van der Waals surface area contributed by atoms with Crippen molar-refractivity contribution >= 4 is 10.9 Å². The first-order valence-corrected chi connectivity index (χ1v) is 6.23. The molecule has 19 heavy (non-hydrogen) atoms. The number of hydrogen-bond donors (Lipinski definition) is 1. The molecule has 0 bridgehead atoms. The predicted molar refractivity (Wildman–Crippen MR) is 74.3 cm³/mol. The van der Waals surface area contributed by atoms with Crippen LogP contribution in [0, 0.1) is 0 Å². The van der Waals surface area contributed by atoms with Crippen LogP contribution in [0.15, 0.2) is 54.9 Å². The average molecular weight is 250 g/mol. The molecule has 94 valence electrons. The molecule has 0 spiro atoms. The van der Waals surface area contributed by atoms with E-state index in [4.69, 9.17) is 0 Å². The number of rotatable bonds is 4. The van der Waals surface area contributed by atoms with Crippen LogP contribution in [0.4, 0.5) is 0 Å². The van der Waals surface area contributed by atoms with Gasteiger partial charge in [-0.05, 0) is 29.8 Å². The molecule has 0 fully saturated rings. The fourth-order valence-corrected chi connectivity index (χ4v) is 2.06. The van der Waals surface area contributed by atoms with E-state index in [9.17, 15) is 0 Å². The van der Waals surface area contributed by atoms with Gasteiger partial charge in [-0.3, -0.25) is 4.98 Å². The highest BCUT2D eigenvalue weighted by molar-refractivity contribution is 5.81. The lowest BCUT2D eigenvalue weighted by Gasteiger charge is -2.07. The Morgan fingerprint density at radius 2 is 1.84 bits per heavy atom. The molecule has 0 saturated carbocycles. The number of aromatic nitrogens is 3. The summed E-state index contributed by atoms with van der Waals surface area (Å²) < 4.78 is 0. The lowest BCUT2D eigenvalue weighted by molar-refractivity contribution is 0.672. The van der Waals surface area contributed by atoms with Gasteiger partial charge >= 0.3 is 0 Å². The van der Waals surface area contributed by atoms with Gasteiger partial charge in [0.1, 0.15) is 0 Å². The maximum absolute atomic E-state index is 4.36. The Labute approximate surface area is 111 Å². The van der Waals surface area contributed by atoms with Gasteiger partial charge in [-0.25, -0.2) is 0 Å². The van der Waals surface area contributed by atoms with E-state index in [0.29, 0.717) is 6.54 Å². The van der Waals surface area contributed by atoms with Crippen molar-refractivity contribution in [3.8, 4) is 0 Å². The zero-order valence-electron chi connectivity index (χ0n) is 10.5. The van der Waals surface area contributed by atoms with E-state index in [1.807, 2.05) is 42.6 Å². The third-order valence-electron chi connectivity index (χ3n) is 2.99. The largest absolute Gasteiger partial charge is 0.307 e. The molecule has 0 radical (unpaired) electrons. The Morgan fingerprint density at radius 3 is 2.74 bits per heavy atom. The van der Waals surface area contributed by atoms with E-state index in [1.54, 1.807) is 6.20 Å². The summed E-state index contributed by atoms with van der Waals surface area (Å²) in [4.78, 5) is 4.36. The van der Waals surface area contributed by atoms with Crippen LogP contribution >= 0.6 is 0 Å². The summed E-state index contributed by atoms with van der Waals surface area (Å²) in [6.45, 7) is 1.50. The molecule has 1 aromatic carbocycles. The van der Waals surface area contributed by atoms with Gasteiger partial charge in [0, 0.05) is 30.9 Å². The molecule has 4 heteroatoms. The Balaban J connectivity index is 1.72. The highest BCUT2D eigenvalue weighted by atomic mass is 15.1. The number of hydrogen-bond acceptors (Lipinski definition) is 4. The van der Waals surface area contributed by atoms with Crippen molar-refractivity contribution in [1.29, 1.82) is 0 Å². The Morgan fingerprint density at radius 1 is 0.895 bits per heavy atom. The topological polar surface area (TPSA) is 50.7 Å². The minimum Gasteiger partial charge on any atom is -0.307 e. The van der Waals surface area contributed by atoms with Gasteiger partial charge in [0.2, 0.25) is 0 Å². The molecule has 4 nitrogen and oxygen atoms in total. The molecule has 0 atom stereocenters. The zero-order valence-corrected chi connectivity index (χ0v) is 10.5. The van der Waals surface area contributed by atoms with Gasteiger partial charge in [-0.15, -0.1) is 0 Å². The van der Waals surface area contributed by atoms with Gasteiger partial charge < -0.3 is 5.32 Å². The van der Waals surface area contributed by atoms with Crippen LogP contribution in [-0.4, -0.2) is 15.2 Å². The normalized spacial score (nSPS) is 10.7. The molecule has 0 aliphatic rings. The second-order valence-electron chi connectivity index (χ2n) is 4.31. The van der Waals surface area contributed by atoms with Gasteiger partial charge in [0.15, 0.2) is 0 Å². The molecule has 0 saturated heterocycles. The monoisotopic (exact) mass is 250 g/mol. The molecule has 3 rings (SSSR count). The summed E-state index contributed by atoms with van der Waals surface area (Å²) in [5.41, 5.74) is 3.22. The zero-order chi connectivity index (χ0) is 12.9. The minimum atomic E-state index is 0.713. The van der Waals surface area contributed by atoms with Crippen LogP contribution in [0.1, 0.15) is 11.3 Å². The van der Waals surface area contributed by atoms with Crippen molar-refractivity contribution in [2.24, 2.45) is 0 Å². The average Bonchev–Trinajstić information content (AvgIpc) is 2.49. The smallest absolute Gasteiger partial charge is 0.0769 e.